The summed E-state index contributed by atoms with van der Waals surface area (Å²) in [6, 6.07) is 16.1. The zero-order valence-electron chi connectivity index (χ0n) is 15.0. The van der Waals surface area contributed by atoms with Gasteiger partial charge in [0, 0.05) is 25.0 Å². The van der Waals surface area contributed by atoms with Crippen molar-refractivity contribution >= 4 is 28.3 Å². The molecule has 5 heteroatoms. The Bertz CT molecular complexity index is 954. The molecule has 1 amide bonds. The van der Waals surface area contributed by atoms with Crippen LogP contribution in [0.4, 0.5) is 0 Å². The molecule has 0 aliphatic carbocycles. The largest absolute Gasteiger partial charge is 0.487 e. The molecule has 27 heavy (non-hydrogen) atoms. The fraction of sp³-hybridized carbons (Fsp3) is 0.273. The summed E-state index contributed by atoms with van der Waals surface area (Å²) in [6.07, 6.45) is 5.43. The third kappa shape index (κ3) is 4.06. The van der Waals surface area contributed by atoms with Gasteiger partial charge in [0.05, 0.1) is 13.0 Å². The number of likely N-dealkylation sites (tertiary alicyclic amines) is 1. The topological polar surface area (TPSA) is 42.4 Å². The van der Waals surface area contributed by atoms with Gasteiger partial charge in [-0.2, -0.15) is 0 Å². The quantitative estimate of drug-likeness (QED) is 0.669. The molecule has 0 bridgehead atoms. The Balaban J connectivity index is 1.45. The fourth-order valence-electron chi connectivity index (χ4n) is 3.62. The predicted molar refractivity (Wildman–Crippen MR) is 107 cm³/mol. The Hall–Kier alpha value is -2.59. The van der Waals surface area contributed by atoms with Crippen LogP contribution in [0.15, 0.2) is 60.9 Å². The first-order valence-corrected chi connectivity index (χ1v) is 9.59. The molecule has 1 aliphatic heterocycles. The number of ether oxygens (including phenoxy) is 1. The zero-order chi connectivity index (χ0) is 18.6. The van der Waals surface area contributed by atoms with E-state index in [4.69, 9.17) is 16.3 Å². The number of aromatic nitrogens is 1. The number of nitrogens with zero attached hydrogens (tertiary/aromatic N) is 2. The molecule has 2 heterocycles. The van der Waals surface area contributed by atoms with Gasteiger partial charge in [0.2, 0.25) is 5.91 Å². The summed E-state index contributed by atoms with van der Waals surface area (Å²) in [5.74, 6) is 0.764. The SMILES string of the molecule is O=C(Cc1cccc2ccccc12)N1CCCC(Oc2ccncc2Cl)C1. The molecule has 1 unspecified atom stereocenters. The average molecular weight is 381 g/mol. The van der Waals surface area contributed by atoms with Crippen LogP contribution < -0.4 is 4.74 Å². The van der Waals surface area contributed by atoms with Crippen molar-refractivity contribution in [2.45, 2.75) is 25.4 Å². The van der Waals surface area contributed by atoms with Gasteiger partial charge in [0.25, 0.3) is 0 Å². The molecule has 1 atom stereocenters. The number of halogens is 1. The second-order valence-corrected chi connectivity index (χ2v) is 7.25. The number of amides is 1. The number of rotatable bonds is 4. The van der Waals surface area contributed by atoms with Crippen molar-refractivity contribution in [1.82, 2.24) is 9.88 Å². The van der Waals surface area contributed by atoms with E-state index >= 15 is 0 Å². The molecule has 1 saturated heterocycles. The molecule has 0 N–H and O–H groups in total. The Morgan fingerprint density at radius 3 is 2.93 bits per heavy atom. The summed E-state index contributed by atoms with van der Waals surface area (Å²) in [5.41, 5.74) is 1.07. The number of pyridine rings is 1. The smallest absolute Gasteiger partial charge is 0.227 e. The second-order valence-electron chi connectivity index (χ2n) is 6.84. The second kappa shape index (κ2) is 7.97. The highest BCUT2D eigenvalue weighted by Crippen LogP contribution is 2.26. The monoisotopic (exact) mass is 380 g/mol. The molecule has 0 radical (unpaired) electrons. The lowest BCUT2D eigenvalue weighted by Gasteiger charge is -2.33. The highest BCUT2D eigenvalue weighted by molar-refractivity contribution is 6.31. The predicted octanol–water partition coefficient (Wildman–Crippen LogP) is 4.50. The van der Waals surface area contributed by atoms with E-state index in [1.54, 1.807) is 18.5 Å². The van der Waals surface area contributed by atoms with E-state index in [1.807, 2.05) is 29.2 Å². The van der Waals surface area contributed by atoms with Crippen molar-refractivity contribution in [2.75, 3.05) is 13.1 Å². The molecule has 0 spiro atoms. The molecular weight excluding hydrogens is 360 g/mol. The van der Waals surface area contributed by atoms with Crippen molar-refractivity contribution in [3.05, 3.63) is 71.5 Å². The van der Waals surface area contributed by atoms with E-state index in [1.165, 1.54) is 0 Å². The molecule has 138 valence electrons. The number of hydrogen-bond donors (Lipinski definition) is 0. The summed E-state index contributed by atoms with van der Waals surface area (Å²) in [7, 11) is 0. The van der Waals surface area contributed by atoms with Crippen LogP contribution in [-0.2, 0) is 11.2 Å². The molecule has 0 saturated carbocycles. The van der Waals surface area contributed by atoms with Crippen LogP contribution in [0.3, 0.4) is 0 Å². The minimum Gasteiger partial charge on any atom is -0.487 e. The van der Waals surface area contributed by atoms with Crippen molar-refractivity contribution in [3.63, 3.8) is 0 Å². The highest BCUT2D eigenvalue weighted by atomic mass is 35.5. The first kappa shape index (κ1) is 17.8. The van der Waals surface area contributed by atoms with Gasteiger partial charge in [0.15, 0.2) is 0 Å². The van der Waals surface area contributed by atoms with Gasteiger partial charge in [-0.05, 0) is 29.2 Å². The Kier molecular flexibility index (Phi) is 5.26. The van der Waals surface area contributed by atoms with E-state index in [0.29, 0.717) is 23.7 Å². The van der Waals surface area contributed by atoms with Gasteiger partial charge < -0.3 is 9.64 Å². The first-order valence-electron chi connectivity index (χ1n) is 9.21. The first-order chi connectivity index (χ1) is 13.2. The number of carbonyl (C=O) groups excluding carboxylic acids is 1. The van der Waals surface area contributed by atoms with Gasteiger partial charge >= 0.3 is 0 Å². The number of hydrogen-bond acceptors (Lipinski definition) is 3. The lowest BCUT2D eigenvalue weighted by Crippen LogP contribution is -2.45. The molecule has 2 aromatic carbocycles. The van der Waals surface area contributed by atoms with E-state index in [0.717, 1.165) is 35.7 Å². The van der Waals surface area contributed by atoms with E-state index in [9.17, 15) is 4.79 Å². The lowest BCUT2D eigenvalue weighted by atomic mass is 10.0. The molecule has 3 aromatic rings. The van der Waals surface area contributed by atoms with Crippen LogP contribution in [0, 0.1) is 0 Å². The van der Waals surface area contributed by atoms with Gasteiger partial charge in [-0.3, -0.25) is 9.78 Å². The summed E-state index contributed by atoms with van der Waals surface area (Å²) in [6.45, 7) is 1.36. The summed E-state index contributed by atoms with van der Waals surface area (Å²) >= 11 is 6.14. The maximum Gasteiger partial charge on any atom is 0.227 e. The molecule has 1 fully saturated rings. The van der Waals surface area contributed by atoms with Crippen LogP contribution in [0.25, 0.3) is 10.8 Å². The maximum absolute atomic E-state index is 12.9. The minimum absolute atomic E-state index is 0.0462. The minimum atomic E-state index is -0.0462. The van der Waals surface area contributed by atoms with E-state index in [-0.39, 0.29) is 12.0 Å². The van der Waals surface area contributed by atoms with Crippen molar-refractivity contribution in [3.8, 4) is 5.75 Å². The van der Waals surface area contributed by atoms with Gasteiger partial charge in [-0.15, -0.1) is 0 Å². The Labute approximate surface area is 163 Å². The Morgan fingerprint density at radius 2 is 2.04 bits per heavy atom. The van der Waals surface area contributed by atoms with Gasteiger partial charge in [-0.1, -0.05) is 54.1 Å². The van der Waals surface area contributed by atoms with E-state index < -0.39 is 0 Å². The average Bonchev–Trinajstić information content (AvgIpc) is 2.70. The van der Waals surface area contributed by atoms with Crippen molar-refractivity contribution in [2.24, 2.45) is 0 Å². The number of benzene rings is 2. The molecule has 4 nitrogen and oxygen atoms in total. The molecule has 1 aromatic heterocycles. The zero-order valence-corrected chi connectivity index (χ0v) is 15.7. The van der Waals surface area contributed by atoms with Gasteiger partial charge in [0.1, 0.15) is 16.9 Å². The molecule has 1 aliphatic rings. The van der Waals surface area contributed by atoms with Crippen LogP contribution in [0.5, 0.6) is 5.75 Å². The summed E-state index contributed by atoms with van der Waals surface area (Å²) in [5, 5.41) is 2.80. The van der Waals surface area contributed by atoms with E-state index in [2.05, 4.69) is 23.2 Å². The molecular formula is C22H21ClN2O2. The van der Waals surface area contributed by atoms with Crippen LogP contribution in [0.2, 0.25) is 5.02 Å². The van der Waals surface area contributed by atoms with Crippen LogP contribution in [-0.4, -0.2) is 35.0 Å². The highest BCUT2D eigenvalue weighted by Gasteiger charge is 2.25. The fourth-order valence-corrected chi connectivity index (χ4v) is 3.78. The number of carbonyl (C=O) groups is 1. The lowest BCUT2D eigenvalue weighted by molar-refractivity contribution is -0.133. The van der Waals surface area contributed by atoms with Crippen molar-refractivity contribution in [1.29, 1.82) is 0 Å². The van der Waals surface area contributed by atoms with Crippen LogP contribution >= 0.6 is 11.6 Å². The van der Waals surface area contributed by atoms with Crippen LogP contribution in [0.1, 0.15) is 18.4 Å². The summed E-state index contributed by atoms with van der Waals surface area (Å²) in [4.78, 5) is 18.8. The summed E-state index contributed by atoms with van der Waals surface area (Å²) < 4.78 is 6.02. The third-order valence-corrected chi connectivity index (χ3v) is 5.27. The third-order valence-electron chi connectivity index (χ3n) is 4.98. The van der Waals surface area contributed by atoms with Gasteiger partial charge in [-0.25, -0.2) is 0 Å². The normalized spacial score (nSPS) is 17.1. The number of piperidine rings is 1. The molecule has 4 rings (SSSR count). The Morgan fingerprint density at radius 1 is 1.19 bits per heavy atom. The number of fused-ring (bicyclic) bond motifs is 1. The van der Waals surface area contributed by atoms with Crippen molar-refractivity contribution < 1.29 is 9.53 Å². The standard InChI is InChI=1S/C22H21ClN2O2/c23-20-14-24-11-10-21(20)27-18-8-4-12-25(15-18)22(26)13-17-7-3-6-16-5-1-2-9-19(16)17/h1-3,5-7,9-11,14,18H,4,8,12-13,15H2. The maximum atomic E-state index is 12.9.